The molecular weight excluding hydrogens is 270 g/mol. The minimum absolute atomic E-state index is 0.486. The van der Waals surface area contributed by atoms with E-state index in [-0.39, 0.29) is 0 Å². The molecule has 6 heteroatoms. The molecule has 18 heavy (non-hydrogen) atoms. The lowest BCUT2D eigenvalue weighted by molar-refractivity contribution is 0.615. The second-order valence-electron chi connectivity index (χ2n) is 3.81. The van der Waals surface area contributed by atoms with Crippen LogP contribution in [-0.4, -0.2) is 4.98 Å². The first-order valence-corrected chi connectivity index (χ1v) is 6.54. The van der Waals surface area contributed by atoms with Gasteiger partial charge in [0.1, 0.15) is 5.52 Å². The number of fused-ring (bicyclic) bond motifs is 1. The molecule has 0 radical (unpaired) electrons. The SMILES string of the molecule is Nc1ccc2oc(NCc3ccc(Cl)s3)nc2c1. The molecule has 0 spiro atoms. The number of benzene rings is 1. The molecule has 3 rings (SSSR count). The maximum Gasteiger partial charge on any atom is 0.295 e. The van der Waals surface area contributed by atoms with E-state index in [9.17, 15) is 0 Å². The summed E-state index contributed by atoms with van der Waals surface area (Å²) in [6.45, 7) is 0.639. The van der Waals surface area contributed by atoms with E-state index in [0.717, 1.165) is 20.3 Å². The number of nitrogen functional groups attached to an aromatic ring is 1. The van der Waals surface area contributed by atoms with Gasteiger partial charge >= 0.3 is 0 Å². The van der Waals surface area contributed by atoms with Gasteiger partial charge in [0, 0.05) is 10.6 Å². The maximum atomic E-state index is 5.86. The molecule has 0 saturated heterocycles. The number of thiophene rings is 1. The summed E-state index contributed by atoms with van der Waals surface area (Å²) in [6.07, 6.45) is 0. The van der Waals surface area contributed by atoms with Crippen molar-refractivity contribution in [3.8, 4) is 0 Å². The van der Waals surface area contributed by atoms with Gasteiger partial charge in [-0.3, -0.25) is 0 Å². The summed E-state index contributed by atoms with van der Waals surface area (Å²) in [5.74, 6) is 0. The third-order valence-corrected chi connectivity index (χ3v) is 3.69. The number of rotatable bonds is 3. The van der Waals surface area contributed by atoms with Gasteiger partial charge in [-0.2, -0.15) is 4.98 Å². The smallest absolute Gasteiger partial charge is 0.295 e. The topological polar surface area (TPSA) is 64.1 Å². The minimum atomic E-state index is 0.486. The highest BCUT2D eigenvalue weighted by molar-refractivity contribution is 7.16. The van der Waals surface area contributed by atoms with Gasteiger partial charge in [0.2, 0.25) is 0 Å². The van der Waals surface area contributed by atoms with Crippen LogP contribution < -0.4 is 11.1 Å². The Morgan fingerprint density at radius 2 is 2.22 bits per heavy atom. The van der Waals surface area contributed by atoms with Crippen molar-refractivity contribution >= 4 is 45.7 Å². The van der Waals surface area contributed by atoms with Crippen LogP contribution in [0.15, 0.2) is 34.7 Å². The predicted octanol–water partition coefficient (Wildman–Crippen LogP) is 3.74. The largest absolute Gasteiger partial charge is 0.424 e. The van der Waals surface area contributed by atoms with E-state index >= 15 is 0 Å². The number of anilines is 2. The number of hydrogen-bond acceptors (Lipinski definition) is 5. The molecule has 1 aromatic carbocycles. The summed E-state index contributed by atoms with van der Waals surface area (Å²) in [7, 11) is 0. The zero-order chi connectivity index (χ0) is 12.5. The van der Waals surface area contributed by atoms with Crippen LogP contribution in [0.5, 0.6) is 0 Å². The Labute approximate surface area is 112 Å². The number of nitrogens with one attached hydrogen (secondary N) is 1. The average molecular weight is 280 g/mol. The number of aromatic nitrogens is 1. The highest BCUT2D eigenvalue weighted by Crippen LogP contribution is 2.24. The van der Waals surface area contributed by atoms with Crippen LogP contribution in [0.1, 0.15) is 4.88 Å². The molecule has 2 heterocycles. The normalized spacial score (nSPS) is 10.9. The van der Waals surface area contributed by atoms with Gasteiger partial charge in [-0.25, -0.2) is 0 Å². The molecule has 4 nitrogen and oxygen atoms in total. The molecule has 0 saturated carbocycles. The zero-order valence-electron chi connectivity index (χ0n) is 9.31. The van der Waals surface area contributed by atoms with E-state index in [2.05, 4.69) is 10.3 Å². The maximum absolute atomic E-state index is 5.86. The first kappa shape index (κ1) is 11.4. The number of hydrogen-bond donors (Lipinski definition) is 2. The second kappa shape index (κ2) is 4.51. The Morgan fingerprint density at radius 1 is 1.33 bits per heavy atom. The molecular formula is C12H10ClN3OS. The van der Waals surface area contributed by atoms with Crippen LogP contribution in [-0.2, 0) is 6.54 Å². The van der Waals surface area contributed by atoms with Crippen LogP contribution in [0.4, 0.5) is 11.7 Å². The third kappa shape index (κ3) is 2.27. The third-order valence-electron chi connectivity index (χ3n) is 2.45. The lowest BCUT2D eigenvalue weighted by Gasteiger charge is -1.97. The van der Waals surface area contributed by atoms with E-state index in [1.165, 1.54) is 11.3 Å². The van der Waals surface area contributed by atoms with Crippen LogP contribution in [0.3, 0.4) is 0 Å². The Hall–Kier alpha value is -1.72. The van der Waals surface area contributed by atoms with E-state index in [4.69, 9.17) is 21.8 Å². The van der Waals surface area contributed by atoms with E-state index in [1.54, 1.807) is 12.1 Å². The monoisotopic (exact) mass is 279 g/mol. The highest BCUT2D eigenvalue weighted by Gasteiger charge is 2.06. The highest BCUT2D eigenvalue weighted by atomic mass is 35.5. The summed E-state index contributed by atoms with van der Waals surface area (Å²) in [5.41, 5.74) is 7.83. The van der Waals surface area contributed by atoms with Crippen LogP contribution in [0.2, 0.25) is 4.34 Å². The van der Waals surface area contributed by atoms with Gasteiger partial charge in [-0.05, 0) is 30.3 Å². The Morgan fingerprint density at radius 3 is 3.00 bits per heavy atom. The summed E-state index contributed by atoms with van der Waals surface area (Å²) >= 11 is 7.39. The molecule has 0 aliphatic carbocycles. The number of nitrogens with two attached hydrogens (primary N) is 1. The van der Waals surface area contributed by atoms with Crippen molar-refractivity contribution in [2.75, 3.05) is 11.1 Å². The standard InChI is InChI=1S/C12H10ClN3OS/c13-11-4-2-8(18-11)6-15-12-16-9-5-7(14)1-3-10(9)17-12/h1-5H,6,14H2,(H,15,16). The Bertz CT molecular complexity index is 692. The first-order valence-electron chi connectivity index (χ1n) is 5.35. The van der Waals surface area contributed by atoms with Crippen molar-refractivity contribution < 1.29 is 4.42 Å². The van der Waals surface area contributed by atoms with Crippen molar-refractivity contribution in [1.82, 2.24) is 4.98 Å². The summed E-state index contributed by atoms with van der Waals surface area (Å²) < 4.78 is 6.32. The van der Waals surface area contributed by atoms with Crippen LogP contribution in [0, 0.1) is 0 Å². The van der Waals surface area contributed by atoms with Crippen molar-refractivity contribution in [1.29, 1.82) is 0 Å². The van der Waals surface area contributed by atoms with E-state index in [1.807, 2.05) is 18.2 Å². The molecule has 0 fully saturated rings. The number of nitrogens with zero attached hydrogens (tertiary/aromatic N) is 1. The second-order valence-corrected chi connectivity index (χ2v) is 5.61. The van der Waals surface area contributed by atoms with Gasteiger partial charge in [0.25, 0.3) is 6.01 Å². The molecule has 0 amide bonds. The van der Waals surface area contributed by atoms with Gasteiger partial charge in [-0.15, -0.1) is 11.3 Å². The molecule has 3 N–H and O–H groups in total. The fourth-order valence-electron chi connectivity index (χ4n) is 1.63. The van der Waals surface area contributed by atoms with Crippen molar-refractivity contribution in [3.05, 3.63) is 39.5 Å². The molecule has 0 bridgehead atoms. The molecule has 0 aliphatic heterocycles. The molecule has 92 valence electrons. The van der Waals surface area contributed by atoms with Gasteiger partial charge in [-0.1, -0.05) is 11.6 Å². The number of oxazole rings is 1. The van der Waals surface area contributed by atoms with E-state index < -0.39 is 0 Å². The lowest BCUT2D eigenvalue weighted by Crippen LogP contribution is -1.96. The quantitative estimate of drug-likeness (QED) is 0.717. The van der Waals surface area contributed by atoms with Crippen molar-refractivity contribution in [2.24, 2.45) is 0 Å². The Kier molecular flexibility index (Phi) is 2.85. The van der Waals surface area contributed by atoms with Gasteiger partial charge < -0.3 is 15.5 Å². The Balaban J connectivity index is 1.78. The molecule has 2 aromatic heterocycles. The average Bonchev–Trinajstić information content (AvgIpc) is 2.92. The summed E-state index contributed by atoms with van der Waals surface area (Å²) in [5, 5.41) is 3.12. The molecule has 0 aliphatic rings. The van der Waals surface area contributed by atoms with Crippen molar-refractivity contribution in [2.45, 2.75) is 6.54 Å². The number of halogens is 1. The fourth-order valence-corrected chi connectivity index (χ4v) is 2.66. The minimum Gasteiger partial charge on any atom is -0.424 e. The van der Waals surface area contributed by atoms with Gasteiger partial charge in [0.15, 0.2) is 5.58 Å². The predicted molar refractivity (Wildman–Crippen MR) is 75.1 cm³/mol. The lowest BCUT2D eigenvalue weighted by atomic mass is 10.3. The van der Waals surface area contributed by atoms with Crippen molar-refractivity contribution in [3.63, 3.8) is 0 Å². The molecule has 0 atom stereocenters. The zero-order valence-corrected chi connectivity index (χ0v) is 10.9. The molecule has 3 aromatic rings. The van der Waals surface area contributed by atoms with Crippen LogP contribution in [0.25, 0.3) is 11.1 Å². The summed E-state index contributed by atoms with van der Waals surface area (Å²) in [6, 6.07) is 9.71. The van der Waals surface area contributed by atoms with Gasteiger partial charge in [0.05, 0.1) is 10.9 Å². The summed E-state index contributed by atoms with van der Waals surface area (Å²) in [4.78, 5) is 5.44. The van der Waals surface area contributed by atoms with Crippen LogP contribution >= 0.6 is 22.9 Å². The fraction of sp³-hybridized carbons (Fsp3) is 0.0833. The van der Waals surface area contributed by atoms with E-state index in [0.29, 0.717) is 18.2 Å². The first-order chi connectivity index (χ1) is 8.70. The molecule has 0 unspecified atom stereocenters.